The molecule has 0 radical (unpaired) electrons. The van der Waals surface area contributed by atoms with E-state index in [-0.39, 0.29) is 0 Å². The van der Waals surface area contributed by atoms with Gasteiger partial charge in [-0.1, -0.05) is 52.0 Å². The lowest BCUT2D eigenvalue weighted by Gasteiger charge is -2.14. The number of nitrogens with one attached hydrogen (secondary N) is 1. The van der Waals surface area contributed by atoms with Gasteiger partial charge in [0.1, 0.15) is 0 Å². The number of hydrogen-bond donors (Lipinski definition) is 1. The minimum Gasteiger partial charge on any atom is -0.350 e. The van der Waals surface area contributed by atoms with Crippen molar-refractivity contribution >= 4 is 0 Å². The van der Waals surface area contributed by atoms with Crippen LogP contribution in [-0.4, -0.2) is 11.1 Å². The molecule has 1 unspecified atom stereocenters. The van der Waals surface area contributed by atoms with Crippen molar-refractivity contribution in [3.8, 4) is 0 Å². The summed E-state index contributed by atoms with van der Waals surface area (Å²) < 4.78 is 2.28. The Kier molecular flexibility index (Phi) is 5.63. The van der Waals surface area contributed by atoms with Crippen molar-refractivity contribution in [2.24, 2.45) is 0 Å². The first-order chi connectivity index (χ1) is 10.1. The van der Waals surface area contributed by atoms with Crippen molar-refractivity contribution in [3.05, 3.63) is 59.4 Å². The van der Waals surface area contributed by atoms with E-state index in [1.807, 2.05) is 0 Å². The van der Waals surface area contributed by atoms with E-state index in [9.17, 15) is 0 Å². The fourth-order valence-electron chi connectivity index (χ4n) is 2.73. The van der Waals surface area contributed by atoms with E-state index in [2.05, 4.69) is 80.3 Å². The molecule has 1 N–H and O–H groups in total. The van der Waals surface area contributed by atoms with Crippen LogP contribution in [0, 0.1) is 0 Å². The van der Waals surface area contributed by atoms with Gasteiger partial charge in [-0.2, -0.15) is 0 Å². The van der Waals surface area contributed by atoms with E-state index in [1.54, 1.807) is 0 Å². The van der Waals surface area contributed by atoms with E-state index >= 15 is 0 Å². The fourth-order valence-corrected chi connectivity index (χ4v) is 2.73. The standard InChI is InChI=1S/C19H28N2/c1-5-19(20-6-2)18-11-12-21(14-18)13-16-7-9-17(10-8-16)15(3)4/h7-12,14-15,19-20H,5-6,13H2,1-4H3. The van der Waals surface area contributed by atoms with E-state index in [4.69, 9.17) is 0 Å². The molecule has 0 aliphatic rings. The normalized spacial score (nSPS) is 12.8. The maximum Gasteiger partial charge on any atom is 0.0470 e. The highest BCUT2D eigenvalue weighted by Crippen LogP contribution is 2.19. The third-order valence-corrected chi connectivity index (χ3v) is 4.05. The zero-order chi connectivity index (χ0) is 15.2. The van der Waals surface area contributed by atoms with E-state index in [0.29, 0.717) is 12.0 Å². The zero-order valence-electron chi connectivity index (χ0n) is 13.8. The van der Waals surface area contributed by atoms with Crippen LogP contribution < -0.4 is 5.32 Å². The van der Waals surface area contributed by atoms with Gasteiger partial charge in [0.2, 0.25) is 0 Å². The number of aromatic nitrogens is 1. The second-order valence-electron chi connectivity index (χ2n) is 6.03. The Morgan fingerprint density at radius 3 is 2.29 bits per heavy atom. The van der Waals surface area contributed by atoms with Gasteiger partial charge >= 0.3 is 0 Å². The molecule has 1 heterocycles. The first-order valence-corrected chi connectivity index (χ1v) is 8.11. The molecule has 1 aromatic heterocycles. The summed E-state index contributed by atoms with van der Waals surface area (Å²) in [6.45, 7) is 10.8. The molecule has 21 heavy (non-hydrogen) atoms. The Bertz CT molecular complexity index is 537. The van der Waals surface area contributed by atoms with Crippen molar-refractivity contribution in [2.45, 2.75) is 52.6 Å². The molecule has 0 spiro atoms. The molecule has 0 aliphatic carbocycles. The SMILES string of the molecule is CCNC(CC)c1ccn(Cc2ccc(C(C)C)cc2)c1. The largest absolute Gasteiger partial charge is 0.350 e. The van der Waals surface area contributed by atoms with Crippen LogP contribution >= 0.6 is 0 Å². The van der Waals surface area contributed by atoms with Crippen molar-refractivity contribution in [1.82, 2.24) is 9.88 Å². The zero-order valence-corrected chi connectivity index (χ0v) is 13.8. The third kappa shape index (κ3) is 4.21. The number of nitrogens with zero attached hydrogens (tertiary/aromatic N) is 1. The topological polar surface area (TPSA) is 17.0 Å². The fraction of sp³-hybridized carbons (Fsp3) is 0.474. The van der Waals surface area contributed by atoms with Crippen LogP contribution in [0.1, 0.15) is 62.8 Å². The van der Waals surface area contributed by atoms with Gasteiger partial charge in [-0.15, -0.1) is 0 Å². The Morgan fingerprint density at radius 2 is 1.71 bits per heavy atom. The van der Waals surface area contributed by atoms with E-state index in [1.165, 1.54) is 16.7 Å². The maximum atomic E-state index is 3.53. The summed E-state index contributed by atoms with van der Waals surface area (Å²) in [5.74, 6) is 0.600. The molecule has 2 nitrogen and oxygen atoms in total. The van der Waals surface area contributed by atoms with Gasteiger partial charge < -0.3 is 9.88 Å². The molecule has 2 aromatic rings. The van der Waals surface area contributed by atoms with Crippen LogP contribution in [0.2, 0.25) is 0 Å². The lowest BCUT2D eigenvalue weighted by molar-refractivity contribution is 0.536. The molecule has 2 heteroatoms. The lowest BCUT2D eigenvalue weighted by Crippen LogP contribution is -2.19. The van der Waals surface area contributed by atoms with Gasteiger partial charge in [0, 0.05) is 25.0 Å². The van der Waals surface area contributed by atoms with Crippen molar-refractivity contribution < 1.29 is 0 Å². The molecule has 1 atom stereocenters. The van der Waals surface area contributed by atoms with Crippen LogP contribution in [0.5, 0.6) is 0 Å². The highest BCUT2D eigenvalue weighted by atomic mass is 15.0. The first-order valence-electron chi connectivity index (χ1n) is 8.11. The van der Waals surface area contributed by atoms with Crippen LogP contribution in [0.25, 0.3) is 0 Å². The molecular formula is C19H28N2. The van der Waals surface area contributed by atoms with Crippen LogP contribution in [-0.2, 0) is 6.54 Å². The van der Waals surface area contributed by atoms with Gasteiger partial charge in [0.25, 0.3) is 0 Å². The smallest absolute Gasteiger partial charge is 0.0470 e. The molecular weight excluding hydrogens is 256 g/mol. The van der Waals surface area contributed by atoms with E-state index in [0.717, 1.165) is 19.5 Å². The summed E-state index contributed by atoms with van der Waals surface area (Å²) in [7, 11) is 0. The summed E-state index contributed by atoms with van der Waals surface area (Å²) in [5, 5.41) is 3.53. The average Bonchev–Trinajstić information content (AvgIpc) is 2.93. The molecule has 0 aliphatic heterocycles. The number of rotatable bonds is 7. The summed E-state index contributed by atoms with van der Waals surface area (Å²) in [6, 6.07) is 11.7. The van der Waals surface area contributed by atoms with Crippen LogP contribution in [0.15, 0.2) is 42.7 Å². The third-order valence-electron chi connectivity index (χ3n) is 4.05. The van der Waals surface area contributed by atoms with Crippen molar-refractivity contribution in [2.75, 3.05) is 6.54 Å². The summed E-state index contributed by atoms with van der Waals surface area (Å²) in [4.78, 5) is 0. The predicted octanol–water partition coefficient (Wildman–Crippen LogP) is 4.72. The van der Waals surface area contributed by atoms with Crippen molar-refractivity contribution in [3.63, 3.8) is 0 Å². The molecule has 1 aromatic carbocycles. The van der Waals surface area contributed by atoms with Crippen LogP contribution in [0.3, 0.4) is 0 Å². The first kappa shape index (κ1) is 15.8. The minimum atomic E-state index is 0.472. The van der Waals surface area contributed by atoms with Crippen LogP contribution in [0.4, 0.5) is 0 Å². The highest BCUT2D eigenvalue weighted by molar-refractivity contribution is 5.25. The van der Waals surface area contributed by atoms with E-state index < -0.39 is 0 Å². The lowest BCUT2D eigenvalue weighted by atomic mass is 10.0. The Labute approximate surface area is 129 Å². The van der Waals surface area contributed by atoms with Crippen molar-refractivity contribution in [1.29, 1.82) is 0 Å². The molecule has 0 amide bonds. The Hall–Kier alpha value is -1.54. The van der Waals surface area contributed by atoms with Gasteiger partial charge in [0.15, 0.2) is 0 Å². The Morgan fingerprint density at radius 1 is 1.00 bits per heavy atom. The monoisotopic (exact) mass is 284 g/mol. The minimum absolute atomic E-state index is 0.472. The average molecular weight is 284 g/mol. The molecule has 0 fully saturated rings. The molecule has 0 bridgehead atoms. The summed E-state index contributed by atoms with van der Waals surface area (Å²) in [6.07, 6.45) is 5.58. The molecule has 0 saturated heterocycles. The van der Waals surface area contributed by atoms with Gasteiger partial charge in [-0.3, -0.25) is 0 Å². The Balaban J connectivity index is 2.04. The number of hydrogen-bond acceptors (Lipinski definition) is 1. The molecule has 2 rings (SSSR count). The summed E-state index contributed by atoms with van der Waals surface area (Å²) >= 11 is 0. The number of benzene rings is 1. The second-order valence-corrected chi connectivity index (χ2v) is 6.03. The van der Waals surface area contributed by atoms with Gasteiger partial charge in [-0.05, 0) is 41.6 Å². The predicted molar refractivity (Wildman–Crippen MR) is 90.8 cm³/mol. The highest BCUT2D eigenvalue weighted by Gasteiger charge is 2.09. The summed E-state index contributed by atoms with van der Waals surface area (Å²) in [5.41, 5.74) is 4.15. The second kappa shape index (κ2) is 7.46. The maximum absolute atomic E-state index is 3.53. The van der Waals surface area contributed by atoms with Gasteiger partial charge in [0.05, 0.1) is 0 Å². The molecule has 114 valence electrons. The quantitative estimate of drug-likeness (QED) is 0.778. The molecule has 0 saturated carbocycles. The van der Waals surface area contributed by atoms with Gasteiger partial charge in [-0.25, -0.2) is 0 Å².